The lowest BCUT2D eigenvalue weighted by Gasteiger charge is -2.30. The molecule has 2 aliphatic heterocycles. The van der Waals surface area contributed by atoms with Crippen LogP contribution in [-0.2, 0) is 13.1 Å². The maximum absolute atomic E-state index is 12.4. The Hall–Kier alpha value is -1.35. The van der Waals surface area contributed by atoms with E-state index in [1.165, 1.54) is 11.1 Å². The summed E-state index contributed by atoms with van der Waals surface area (Å²) >= 11 is 0. The summed E-state index contributed by atoms with van der Waals surface area (Å²) in [6.07, 6.45) is 2.27. The van der Waals surface area contributed by atoms with E-state index in [1.807, 2.05) is 11.0 Å². The van der Waals surface area contributed by atoms with Gasteiger partial charge in [-0.1, -0.05) is 13.0 Å². The van der Waals surface area contributed by atoms with Gasteiger partial charge in [-0.05, 0) is 42.0 Å². The van der Waals surface area contributed by atoms with Gasteiger partial charge >= 0.3 is 0 Å². The quantitative estimate of drug-likeness (QED) is 0.821. The number of hydrogen-bond acceptors (Lipinski definition) is 2. The molecule has 0 unspecified atom stereocenters. The average molecular weight is 244 g/mol. The molecule has 0 aromatic heterocycles. The summed E-state index contributed by atoms with van der Waals surface area (Å²) in [4.78, 5) is 14.4. The fourth-order valence-electron chi connectivity index (χ4n) is 2.82. The Labute approximate surface area is 108 Å². The molecule has 0 saturated carbocycles. The standard InChI is InChI=1S/C15H20N2O/c1-11-4-6-17(7-5-11)15(18)12-2-3-13-9-16-10-14(13)8-12/h2-3,8,11,16H,4-7,9-10H2,1H3. The SMILES string of the molecule is CC1CCN(C(=O)c2ccc3c(c2)CNC3)CC1. The number of hydrogen-bond donors (Lipinski definition) is 1. The number of piperidine rings is 1. The minimum absolute atomic E-state index is 0.205. The highest BCUT2D eigenvalue weighted by Crippen LogP contribution is 2.21. The number of carbonyl (C=O) groups excluding carboxylic acids is 1. The van der Waals surface area contributed by atoms with E-state index in [0.29, 0.717) is 0 Å². The summed E-state index contributed by atoms with van der Waals surface area (Å²) in [5, 5.41) is 3.31. The van der Waals surface area contributed by atoms with Gasteiger partial charge in [0.05, 0.1) is 0 Å². The van der Waals surface area contributed by atoms with E-state index in [2.05, 4.69) is 24.4 Å². The Morgan fingerprint density at radius 3 is 2.72 bits per heavy atom. The van der Waals surface area contributed by atoms with E-state index in [-0.39, 0.29) is 5.91 Å². The van der Waals surface area contributed by atoms with Crippen LogP contribution < -0.4 is 5.32 Å². The van der Waals surface area contributed by atoms with Crippen molar-refractivity contribution in [1.29, 1.82) is 0 Å². The summed E-state index contributed by atoms with van der Waals surface area (Å²) < 4.78 is 0. The minimum atomic E-state index is 0.205. The molecule has 18 heavy (non-hydrogen) atoms. The highest BCUT2D eigenvalue weighted by Gasteiger charge is 2.22. The molecule has 0 atom stereocenters. The van der Waals surface area contributed by atoms with E-state index < -0.39 is 0 Å². The van der Waals surface area contributed by atoms with Crippen LogP contribution in [0.3, 0.4) is 0 Å². The third-order valence-electron chi connectivity index (χ3n) is 4.15. The Morgan fingerprint density at radius 1 is 1.22 bits per heavy atom. The van der Waals surface area contributed by atoms with Gasteiger partial charge in [0, 0.05) is 31.7 Å². The number of likely N-dealkylation sites (tertiary alicyclic amines) is 1. The van der Waals surface area contributed by atoms with Crippen molar-refractivity contribution in [2.75, 3.05) is 13.1 Å². The molecule has 1 aromatic carbocycles. The molecule has 0 bridgehead atoms. The summed E-state index contributed by atoms with van der Waals surface area (Å²) in [7, 11) is 0. The zero-order valence-corrected chi connectivity index (χ0v) is 10.9. The van der Waals surface area contributed by atoms with Gasteiger partial charge in [-0.25, -0.2) is 0 Å². The molecule has 0 spiro atoms. The Kier molecular flexibility index (Phi) is 3.08. The molecule has 2 aliphatic rings. The van der Waals surface area contributed by atoms with Gasteiger partial charge < -0.3 is 10.2 Å². The van der Waals surface area contributed by atoms with Crippen LogP contribution in [0.15, 0.2) is 18.2 Å². The number of fused-ring (bicyclic) bond motifs is 1. The van der Waals surface area contributed by atoms with E-state index in [9.17, 15) is 4.79 Å². The van der Waals surface area contributed by atoms with Crippen molar-refractivity contribution in [2.24, 2.45) is 5.92 Å². The number of amides is 1. The molecular formula is C15H20N2O. The highest BCUT2D eigenvalue weighted by atomic mass is 16.2. The van der Waals surface area contributed by atoms with Crippen LogP contribution in [-0.4, -0.2) is 23.9 Å². The predicted molar refractivity (Wildman–Crippen MR) is 71.3 cm³/mol. The third kappa shape index (κ3) is 2.15. The smallest absolute Gasteiger partial charge is 0.253 e. The second-order valence-corrected chi connectivity index (χ2v) is 5.56. The molecule has 3 heteroatoms. The van der Waals surface area contributed by atoms with Crippen LogP contribution in [0.1, 0.15) is 41.3 Å². The van der Waals surface area contributed by atoms with Crippen molar-refractivity contribution < 1.29 is 4.79 Å². The van der Waals surface area contributed by atoms with Crippen LogP contribution in [0.2, 0.25) is 0 Å². The molecule has 0 aliphatic carbocycles. The van der Waals surface area contributed by atoms with Gasteiger partial charge in [0.25, 0.3) is 5.91 Å². The first kappa shape index (κ1) is 11.7. The summed E-state index contributed by atoms with van der Waals surface area (Å²) in [6.45, 7) is 5.92. The number of nitrogens with zero attached hydrogens (tertiary/aromatic N) is 1. The van der Waals surface area contributed by atoms with Crippen LogP contribution in [0.4, 0.5) is 0 Å². The third-order valence-corrected chi connectivity index (χ3v) is 4.15. The van der Waals surface area contributed by atoms with Gasteiger partial charge in [0.15, 0.2) is 0 Å². The molecule has 2 heterocycles. The molecule has 3 rings (SSSR count). The van der Waals surface area contributed by atoms with Gasteiger partial charge in [-0.15, -0.1) is 0 Å². The van der Waals surface area contributed by atoms with Gasteiger partial charge in [0.2, 0.25) is 0 Å². The van der Waals surface area contributed by atoms with Crippen LogP contribution >= 0.6 is 0 Å². The first-order valence-electron chi connectivity index (χ1n) is 6.86. The second-order valence-electron chi connectivity index (χ2n) is 5.56. The fraction of sp³-hybridized carbons (Fsp3) is 0.533. The second kappa shape index (κ2) is 4.73. The topological polar surface area (TPSA) is 32.3 Å². The maximum Gasteiger partial charge on any atom is 0.253 e. The zero-order chi connectivity index (χ0) is 12.5. The van der Waals surface area contributed by atoms with Crippen LogP contribution in [0.5, 0.6) is 0 Å². The lowest BCUT2D eigenvalue weighted by molar-refractivity contribution is 0.0697. The van der Waals surface area contributed by atoms with Crippen molar-refractivity contribution in [3.63, 3.8) is 0 Å². The molecule has 3 nitrogen and oxygen atoms in total. The molecule has 1 N–H and O–H groups in total. The van der Waals surface area contributed by atoms with Crippen LogP contribution in [0, 0.1) is 5.92 Å². The fourth-order valence-corrected chi connectivity index (χ4v) is 2.82. The minimum Gasteiger partial charge on any atom is -0.339 e. The van der Waals surface area contributed by atoms with Gasteiger partial charge in [0.1, 0.15) is 0 Å². The zero-order valence-electron chi connectivity index (χ0n) is 10.9. The van der Waals surface area contributed by atoms with Gasteiger partial charge in [-0.2, -0.15) is 0 Å². The molecular weight excluding hydrogens is 224 g/mol. The largest absolute Gasteiger partial charge is 0.339 e. The van der Waals surface area contributed by atoms with Crippen molar-refractivity contribution >= 4 is 5.91 Å². The highest BCUT2D eigenvalue weighted by molar-refractivity contribution is 5.94. The van der Waals surface area contributed by atoms with Gasteiger partial charge in [-0.3, -0.25) is 4.79 Å². The van der Waals surface area contributed by atoms with Crippen molar-refractivity contribution in [3.05, 3.63) is 34.9 Å². The molecule has 1 aromatic rings. The molecule has 1 saturated heterocycles. The van der Waals surface area contributed by atoms with E-state index in [0.717, 1.165) is 50.5 Å². The summed E-state index contributed by atoms with van der Waals surface area (Å²) in [5.74, 6) is 0.967. The van der Waals surface area contributed by atoms with Crippen molar-refractivity contribution in [3.8, 4) is 0 Å². The van der Waals surface area contributed by atoms with Crippen molar-refractivity contribution in [1.82, 2.24) is 10.2 Å². The molecule has 96 valence electrons. The number of nitrogens with one attached hydrogen (secondary N) is 1. The lowest BCUT2D eigenvalue weighted by Crippen LogP contribution is -2.37. The van der Waals surface area contributed by atoms with Crippen molar-refractivity contribution in [2.45, 2.75) is 32.9 Å². The molecule has 0 radical (unpaired) electrons. The normalized spacial score (nSPS) is 19.9. The first-order valence-corrected chi connectivity index (χ1v) is 6.86. The lowest BCUT2D eigenvalue weighted by atomic mass is 9.98. The van der Waals surface area contributed by atoms with E-state index >= 15 is 0 Å². The average Bonchev–Trinajstić information content (AvgIpc) is 2.86. The first-order chi connectivity index (χ1) is 8.74. The Morgan fingerprint density at radius 2 is 1.94 bits per heavy atom. The van der Waals surface area contributed by atoms with Crippen LogP contribution in [0.25, 0.3) is 0 Å². The Balaban J connectivity index is 1.76. The summed E-state index contributed by atoms with van der Waals surface area (Å²) in [5.41, 5.74) is 3.47. The Bertz CT molecular complexity index is 462. The predicted octanol–water partition coefficient (Wildman–Crippen LogP) is 2.16. The molecule has 1 amide bonds. The molecule has 1 fully saturated rings. The summed E-state index contributed by atoms with van der Waals surface area (Å²) in [6, 6.07) is 6.14. The number of benzene rings is 1. The maximum atomic E-state index is 12.4. The monoisotopic (exact) mass is 244 g/mol. The number of rotatable bonds is 1. The number of carbonyl (C=O) groups is 1. The van der Waals surface area contributed by atoms with E-state index in [1.54, 1.807) is 0 Å². The van der Waals surface area contributed by atoms with E-state index in [4.69, 9.17) is 0 Å².